The molecule has 7 nitrogen and oxygen atoms in total. The number of rotatable bonds is 10. The molecule has 0 heterocycles. The number of guanidine groups is 1. The number of hydrogen-bond acceptors (Lipinski definition) is 4. The molecule has 0 aromatic heterocycles. The van der Waals surface area contributed by atoms with Crippen LogP contribution in [-0.2, 0) is 14.8 Å². The molecule has 4 N–H and O–H groups in total. The predicted molar refractivity (Wildman–Crippen MR) is 73.1 cm³/mol. The summed E-state index contributed by atoms with van der Waals surface area (Å²) in [5.74, 6) is 0.399. The minimum absolute atomic E-state index is 0.0774. The van der Waals surface area contributed by atoms with Crippen molar-refractivity contribution in [3.63, 3.8) is 0 Å². The second kappa shape index (κ2) is 10.1. The van der Waals surface area contributed by atoms with Gasteiger partial charge in [-0.1, -0.05) is 0 Å². The van der Waals surface area contributed by atoms with Gasteiger partial charge in [-0.25, -0.2) is 13.1 Å². The maximum atomic E-state index is 11.1. The van der Waals surface area contributed by atoms with Crippen LogP contribution >= 0.6 is 0 Å². The van der Waals surface area contributed by atoms with E-state index in [0.717, 1.165) is 6.42 Å². The Labute approximate surface area is 109 Å². The van der Waals surface area contributed by atoms with Crippen molar-refractivity contribution in [3.05, 3.63) is 0 Å². The Morgan fingerprint density at radius 3 is 2.67 bits per heavy atom. The smallest absolute Gasteiger partial charge is 0.211 e. The van der Waals surface area contributed by atoms with E-state index < -0.39 is 10.0 Å². The number of ether oxygens (including phenoxy) is 1. The number of nitrogens with two attached hydrogens (primary N) is 1. The molecule has 0 atom stereocenters. The third kappa shape index (κ3) is 10.3. The minimum atomic E-state index is -3.13. The fourth-order valence-corrected chi connectivity index (χ4v) is 1.68. The fraction of sp³-hybridized carbons (Fsp3) is 0.900. The summed E-state index contributed by atoms with van der Waals surface area (Å²) in [4.78, 5) is 4.08. The van der Waals surface area contributed by atoms with E-state index in [9.17, 15) is 8.42 Å². The molecular weight excluding hydrogens is 256 g/mol. The van der Waals surface area contributed by atoms with Crippen molar-refractivity contribution in [1.29, 1.82) is 0 Å². The summed E-state index contributed by atoms with van der Waals surface area (Å²) < 4.78 is 29.8. The molecule has 0 radical (unpaired) electrons. The van der Waals surface area contributed by atoms with Crippen LogP contribution in [0.1, 0.15) is 20.3 Å². The average molecular weight is 280 g/mol. The number of sulfonamides is 1. The van der Waals surface area contributed by atoms with Crippen LogP contribution in [0.3, 0.4) is 0 Å². The first-order valence-corrected chi connectivity index (χ1v) is 7.76. The van der Waals surface area contributed by atoms with Gasteiger partial charge in [-0.3, -0.25) is 4.99 Å². The van der Waals surface area contributed by atoms with Crippen molar-refractivity contribution in [1.82, 2.24) is 10.0 Å². The van der Waals surface area contributed by atoms with E-state index in [1.54, 1.807) is 6.92 Å². The van der Waals surface area contributed by atoms with Crippen LogP contribution in [0.4, 0.5) is 0 Å². The van der Waals surface area contributed by atoms with Gasteiger partial charge in [0.25, 0.3) is 0 Å². The molecule has 0 saturated carbocycles. The Morgan fingerprint density at radius 1 is 1.33 bits per heavy atom. The highest BCUT2D eigenvalue weighted by Crippen LogP contribution is 1.83. The molecule has 0 aliphatic carbocycles. The van der Waals surface area contributed by atoms with Crippen LogP contribution in [-0.4, -0.2) is 53.0 Å². The van der Waals surface area contributed by atoms with Gasteiger partial charge in [-0.15, -0.1) is 0 Å². The number of hydrogen-bond donors (Lipinski definition) is 3. The number of nitrogens with one attached hydrogen (secondary N) is 2. The van der Waals surface area contributed by atoms with E-state index in [4.69, 9.17) is 10.5 Å². The zero-order chi connectivity index (χ0) is 13.9. The molecule has 18 heavy (non-hydrogen) atoms. The summed E-state index contributed by atoms with van der Waals surface area (Å²) in [5.41, 5.74) is 5.59. The molecule has 0 aliphatic rings. The first kappa shape index (κ1) is 17.1. The summed E-state index contributed by atoms with van der Waals surface area (Å²) in [6.07, 6.45) is 0.818. The Balaban J connectivity index is 3.58. The van der Waals surface area contributed by atoms with E-state index in [0.29, 0.717) is 38.8 Å². The third-order valence-corrected chi connectivity index (χ3v) is 3.47. The lowest BCUT2D eigenvalue weighted by Gasteiger charge is -2.07. The zero-order valence-corrected chi connectivity index (χ0v) is 11.9. The lowest BCUT2D eigenvalue weighted by atomic mass is 10.4. The van der Waals surface area contributed by atoms with Gasteiger partial charge in [0.05, 0.1) is 5.75 Å². The van der Waals surface area contributed by atoms with E-state index in [1.807, 2.05) is 6.92 Å². The van der Waals surface area contributed by atoms with Crippen LogP contribution in [0.2, 0.25) is 0 Å². The second-order valence-corrected chi connectivity index (χ2v) is 5.64. The summed E-state index contributed by atoms with van der Waals surface area (Å²) in [6.45, 7) is 6.21. The van der Waals surface area contributed by atoms with E-state index in [-0.39, 0.29) is 5.75 Å². The molecule has 0 aliphatic heterocycles. The molecule has 0 aromatic rings. The monoisotopic (exact) mass is 280 g/mol. The van der Waals surface area contributed by atoms with Crippen LogP contribution in [0, 0.1) is 0 Å². The van der Waals surface area contributed by atoms with Gasteiger partial charge < -0.3 is 15.8 Å². The molecule has 0 fully saturated rings. The number of nitrogens with zero attached hydrogens (tertiary/aromatic N) is 1. The van der Waals surface area contributed by atoms with Crippen LogP contribution in [0.25, 0.3) is 0 Å². The average Bonchev–Trinajstić information content (AvgIpc) is 2.34. The van der Waals surface area contributed by atoms with Crippen molar-refractivity contribution in [2.24, 2.45) is 10.7 Å². The van der Waals surface area contributed by atoms with E-state index in [2.05, 4.69) is 15.0 Å². The molecule has 0 bridgehead atoms. The lowest BCUT2D eigenvalue weighted by molar-refractivity contribution is 0.146. The Morgan fingerprint density at radius 2 is 2.06 bits per heavy atom. The summed E-state index contributed by atoms with van der Waals surface area (Å²) >= 11 is 0. The second-order valence-electron chi connectivity index (χ2n) is 3.54. The summed E-state index contributed by atoms with van der Waals surface area (Å²) in [6, 6.07) is 0. The standard InChI is InChI=1S/C10H24N4O3S/c1-3-17-9-5-6-12-10(11)13-7-8-14-18(15,16)4-2/h14H,3-9H2,1-2H3,(H3,11,12,13). The van der Waals surface area contributed by atoms with Crippen molar-refractivity contribution in [2.45, 2.75) is 20.3 Å². The molecule has 0 amide bonds. The highest BCUT2D eigenvalue weighted by molar-refractivity contribution is 7.89. The van der Waals surface area contributed by atoms with E-state index >= 15 is 0 Å². The molecule has 0 unspecified atom stereocenters. The van der Waals surface area contributed by atoms with Gasteiger partial charge in [0.15, 0.2) is 5.96 Å². The molecule has 0 rings (SSSR count). The van der Waals surface area contributed by atoms with Gasteiger partial charge in [0.1, 0.15) is 0 Å². The van der Waals surface area contributed by atoms with Gasteiger partial charge in [-0.05, 0) is 20.3 Å². The van der Waals surface area contributed by atoms with Crippen LogP contribution in [0.5, 0.6) is 0 Å². The van der Waals surface area contributed by atoms with Crippen LogP contribution < -0.4 is 15.8 Å². The quantitative estimate of drug-likeness (QED) is 0.277. The molecule has 0 spiro atoms. The molecule has 0 saturated heterocycles. The normalized spacial score (nSPS) is 12.7. The van der Waals surface area contributed by atoms with Crippen LogP contribution in [0.15, 0.2) is 4.99 Å². The first-order valence-electron chi connectivity index (χ1n) is 6.10. The van der Waals surface area contributed by atoms with Crippen molar-refractivity contribution < 1.29 is 13.2 Å². The third-order valence-electron chi connectivity index (χ3n) is 2.07. The largest absolute Gasteiger partial charge is 0.382 e. The first-order chi connectivity index (χ1) is 8.52. The van der Waals surface area contributed by atoms with Crippen molar-refractivity contribution in [2.75, 3.05) is 38.6 Å². The van der Waals surface area contributed by atoms with Gasteiger partial charge in [0.2, 0.25) is 10.0 Å². The molecule has 108 valence electrons. The predicted octanol–water partition coefficient (Wildman–Crippen LogP) is -0.743. The topological polar surface area (TPSA) is 106 Å². The molecular formula is C10H24N4O3S. The van der Waals surface area contributed by atoms with Crippen molar-refractivity contribution in [3.8, 4) is 0 Å². The zero-order valence-electron chi connectivity index (χ0n) is 11.1. The number of aliphatic imine (C=N–C) groups is 1. The molecule has 0 aromatic carbocycles. The Kier molecular flexibility index (Phi) is 9.62. The fourth-order valence-electron chi connectivity index (χ4n) is 1.07. The Bertz CT molecular complexity index is 330. The highest BCUT2D eigenvalue weighted by atomic mass is 32.2. The van der Waals surface area contributed by atoms with Gasteiger partial charge >= 0.3 is 0 Å². The summed E-state index contributed by atoms with van der Waals surface area (Å²) in [5, 5.41) is 2.83. The minimum Gasteiger partial charge on any atom is -0.382 e. The van der Waals surface area contributed by atoms with Gasteiger partial charge in [0, 0.05) is 32.8 Å². The van der Waals surface area contributed by atoms with Crippen molar-refractivity contribution >= 4 is 16.0 Å². The van der Waals surface area contributed by atoms with E-state index in [1.165, 1.54) is 0 Å². The lowest BCUT2D eigenvalue weighted by Crippen LogP contribution is -2.38. The van der Waals surface area contributed by atoms with Gasteiger partial charge in [-0.2, -0.15) is 0 Å². The highest BCUT2D eigenvalue weighted by Gasteiger charge is 2.04. The molecule has 8 heteroatoms. The Hall–Kier alpha value is -0.860. The maximum absolute atomic E-state index is 11.1. The summed E-state index contributed by atoms with van der Waals surface area (Å²) in [7, 11) is -3.13. The maximum Gasteiger partial charge on any atom is 0.211 e. The SMILES string of the molecule is CCOCCCN=C(N)NCCNS(=O)(=O)CC.